The third-order valence-corrected chi connectivity index (χ3v) is 18.7. The number of aliphatic hydroxyl groups is 2. The topological polar surface area (TPSA) is 95.9 Å². The fourth-order valence-corrected chi connectivity index (χ4v) is 12.8. The average Bonchev–Trinajstić information content (AvgIpc) is 3.49. The van der Waals surface area contributed by atoms with E-state index in [-0.39, 0.29) is 18.5 Å². The molecule has 6 heteroatoms. The summed E-state index contributed by atoms with van der Waals surface area (Å²) in [6.45, 7) is 5.01. The summed E-state index contributed by atoms with van der Waals surface area (Å²) in [5.74, 6) is -0.00311. The summed E-state index contributed by atoms with van der Waals surface area (Å²) in [7, 11) is 0. The molecule has 0 saturated heterocycles. The second-order valence-electron chi connectivity index (χ2n) is 27.1. The lowest BCUT2D eigenvalue weighted by molar-refractivity contribution is -0.143. The molecule has 0 radical (unpaired) electrons. The standard InChI is InChI=1S/C77H153NO5/c1-3-5-7-9-11-13-15-17-18-19-20-21-22-28-31-34-37-40-43-46-49-53-57-61-65-69-75(80)74(73-79)78-76(81)70-66-62-58-54-50-47-44-41-38-35-32-29-26-24-23-25-27-30-33-36-39-42-45-48-52-56-60-64-68-72-83-77(82)71-67-63-59-55-51-16-14-12-10-8-6-4-2/h74-75,79-80H,3-73H2,1-2H3,(H,78,81). The Kier molecular flexibility index (Phi) is 72.3. The van der Waals surface area contributed by atoms with E-state index in [4.69, 9.17) is 4.74 Å². The van der Waals surface area contributed by atoms with Gasteiger partial charge in [-0.25, -0.2) is 0 Å². The third kappa shape index (κ3) is 69.8. The van der Waals surface area contributed by atoms with Crippen molar-refractivity contribution in [1.82, 2.24) is 5.32 Å². The Morgan fingerprint density at radius 1 is 0.289 bits per heavy atom. The van der Waals surface area contributed by atoms with Gasteiger partial charge in [-0.15, -0.1) is 0 Å². The van der Waals surface area contributed by atoms with E-state index in [0.29, 0.717) is 25.9 Å². The van der Waals surface area contributed by atoms with E-state index in [9.17, 15) is 19.8 Å². The molecule has 496 valence electrons. The van der Waals surface area contributed by atoms with E-state index in [2.05, 4.69) is 19.2 Å². The number of amides is 1. The van der Waals surface area contributed by atoms with Gasteiger partial charge in [0, 0.05) is 12.8 Å². The second kappa shape index (κ2) is 73.3. The van der Waals surface area contributed by atoms with Crippen molar-refractivity contribution in [3.63, 3.8) is 0 Å². The van der Waals surface area contributed by atoms with Crippen LogP contribution in [0.3, 0.4) is 0 Å². The number of esters is 1. The van der Waals surface area contributed by atoms with E-state index in [1.807, 2.05) is 0 Å². The van der Waals surface area contributed by atoms with Gasteiger partial charge in [0.15, 0.2) is 0 Å². The first-order valence-corrected chi connectivity index (χ1v) is 38.8. The highest BCUT2D eigenvalue weighted by molar-refractivity contribution is 5.76. The SMILES string of the molecule is CCCCCCCCCCCCCCCCCCCCCCCCCCCC(O)C(CO)NC(=O)CCCCCCCCCCCCCCCCCCCCCCCCCCCCCCCOC(=O)CCCCCCCCCCCCCC. The van der Waals surface area contributed by atoms with Gasteiger partial charge < -0.3 is 20.3 Å². The lowest BCUT2D eigenvalue weighted by Crippen LogP contribution is -2.45. The van der Waals surface area contributed by atoms with Gasteiger partial charge in [-0.05, 0) is 25.7 Å². The van der Waals surface area contributed by atoms with E-state index in [0.717, 1.165) is 38.5 Å². The number of rotatable bonds is 74. The van der Waals surface area contributed by atoms with Crippen LogP contribution in [0.4, 0.5) is 0 Å². The molecule has 0 aromatic carbocycles. The Morgan fingerprint density at radius 2 is 0.494 bits per heavy atom. The van der Waals surface area contributed by atoms with Crippen LogP contribution in [0, 0.1) is 0 Å². The molecule has 83 heavy (non-hydrogen) atoms. The van der Waals surface area contributed by atoms with Crippen molar-refractivity contribution in [2.45, 2.75) is 469 Å². The second-order valence-corrected chi connectivity index (χ2v) is 27.1. The molecule has 0 aromatic rings. The Labute approximate surface area is 521 Å². The zero-order chi connectivity index (χ0) is 59.9. The quantitative estimate of drug-likeness (QED) is 0.0417. The average molecular weight is 1170 g/mol. The fraction of sp³-hybridized carbons (Fsp3) is 0.974. The van der Waals surface area contributed by atoms with Crippen molar-refractivity contribution in [2.24, 2.45) is 0 Å². The van der Waals surface area contributed by atoms with Gasteiger partial charge in [-0.2, -0.15) is 0 Å². The monoisotopic (exact) mass is 1170 g/mol. The number of carbonyl (C=O) groups is 2. The highest BCUT2D eigenvalue weighted by atomic mass is 16.5. The van der Waals surface area contributed by atoms with Crippen LogP contribution < -0.4 is 5.32 Å². The molecule has 0 fully saturated rings. The molecule has 6 nitrogen and oxygen atoms in total. The minimum Gasteiger partial charge on any atom is -0.466 e. The molecule has 0 rings (SSSR count). The Bertz CT molecular complexity index is 1210. The van der Waals surface area contributed by atoms with Gasteiger partial charge >= 0.3 is 5.97 Å². The van der Waals surface area contributed by atoms with Crippen LogP contribution in [0.15, 0.2) is 0 Å². The summed E-state index contributed by atoms with van der Waals surface area (Å²) in [6.07, 6.45) is 90.4. The minimum atomic E-state index is -0.662. The molecule has 0 bridgehead atoms. The van der Waals surface area contributed by atoms with Crippen LogP contribution in [0.1, 0.15) is 457 Å². The Hall–Kier alpha value is -1.14. The predicted molar refractivity (Wildman–Crippen MR) is 366 cm³/mol. The van der Waals surface area contributed by atoms with Gasteiger partial charge in [-0.1, -0.05) is 418 Å². The van der Waals surface area contributed by atoms with Crippen molar-refractivity contribution in [2.75, 3.05) is 13.2 Å². The zero-order valence-corrected chi connectivity index (χ0v) is 57.0. The number of carbonyl (C=O) groups excluding carboxylic acids is 2. The molecule has 3 N–H and O–H groups in total. The normalized spacial score (nSPS) is 12.4. The number of hydrogen-bond acceptors (Lipinski definition) is 5. The smallest absolute Gasteiger partial charge is 0.305 e. The maximum Gasteiger partial charge on any atom is 0.305 e. The van der Waals surface area contributed by atoms with E-state index < -0.39 is 12.1 Å². The fourth-order valence-electron chi connectivity index (χ4n) is 12.8. The molecular formula is C77H153NO5. The predicted octanol–water partition coefficient (Wildman–Crippen LogP) is 25.3. The first-order valence-electron chi connectivity index (χ1n) is 38.8. The van der Waals surface area contributed by atoms with Crippen LogP contribution in [0.5, 0.6) is 0 Å². The Balaban J connectivity index is 3.34. The molecule has 0 heterocycles. The molecule has 0 aliphatic rings. The van der Waals surface area contributed by atoms with E-state index in [1.54, 1.807) is 0 Å². The van der Waals surface area contributed by atoms with Crippen molar-refractivity contribution in [3.8, 4) is 0 Å². The molecule has 0 saturated carbocycles. The summed E-state index contributed by atoms with van der Waals surface area (Å²) in [4.78, 5) is 24.6. The number of aliphatic hydroxyl groups excluding tert-OH is 2. The summed E-state index contributed by atoms with van der Waals surface area (Å²) in [6, 6.07) is -0.539. The molecule has 0 aliphatic heterocycles. The number of ether oxygens (including phenoxy) is 1. The first-order chi connectivity index (χ1) is 41.0. The third-order valence-electron chi connectivity index (χ3n) is 18.7. The highest BCUT2D eigenvalue weighted by Gasteiger charge is 2.20. The van der Waals surface area contributed by atoms with E-state index >= 15 is 0 Å². The molecule has 0 aliphatic carbocycles. The van der Waals surface area contributed by atoms with Crippen LogP contribution in [-0.2, 0) is 14.3 Å². The number of hydrogen-bond donors (Lipinski definition) is 3. The highest BCUT2D eigenvalue weighted by Crippen LogP contribution is 2.20. The molecule has 0 aromatic heterocycles. The molecular weight excluding hydrogens is 1020 g/mol. The Morgan fingerprint density at radius 3 is 0.735 bits per heavy atom. The van der Waals surface area contributed by atoms with Gasteiger partial charge in [-0.3, -0.25) is 9.59 Å². The van der Waals surface area contributed by atoms with Gasteiger partial charge in [0.05, 0.1) is 25.4 Å². The van der Waals surface area contributed by atoms with Crippen molar-refractivity contribution in [1.29, 1.82) is 0 Å². The van der Waals surface area contributed by atoms with Crippen LogP contribution in [0.25, 0.3) is 0 Å². The summed E-state index contributed by atoms with van der Waals surface area (Å²) in [5, 5.41) is 23.5. The van der Waals surface area contributed by atoms with Gasteiger partial charge in [0.2, 0.25) is 5.91 Å². The lowest BCUT2D eigenvalue weighted by Gasteiger charge is -2.22. The zero-order valence-electron chi connectivity index (χ0n) is 57.0. The van der Waals surface area contributed by atoms with Crippen LogP contribution in [-0.4, -0.2) is 47.4 Å². The maximum atomic E-state index is 12.6. The van der Waals surface area contributed by atoms with E-state index in [1.165, 1.54) is 385 Å². The molecule has 2 unspecified atom stereocenters. The summed E-state index contributed by atoms with van der Waals surface area (Å²) in [5.41, 5.74) is 0. The number of nitrogens with one attached hydrogen (secondary N) is 1. The molecule has 1 amide bonds. The van der Waals surface area contributed by atoms with Gasteiger partial charge in [0.25, 0.3) is 0 Å². The maximum absolute atomic E-state index is 12.6. The first kappa shape index (κ1) is 81.9. The summed E-state index contributed by atoms with van der Waals surface area (Å²) < 4.78 is 5.49. The number of unbranched alkanes of at least 4 members (excludes halogenated alkanes) is 63. The van der Waals surface area contributed by atoms with Crippen LogP contribution >= 0.6 is 0 Å². The van der Waals surface area contributed by atoms with Crippen molar-refractivity contribution >= 4 is 11.9 Å². The van der Waals surface area contributed by atoms with Crippen molar-refractivity contribution < 1.29 is 24.5 Å². The van der Waals surface area contributed by atoms with Crippen molar-refractivity contribution in [3.05, 3.63) is 0 Å². The molecule has 2 atom stereocenters. The lowest BCUT2D eigenvalue weighted by atomic mass is 10.0. The summed E-state index contributed by atoms with van der Waals surface area (Å²) >= 11 is 0. The minimum absolute atomic E-state index is 0.0217. The largest absolute Gasteiger partial charge is 0.466 e. The van der Waals surface area contributed by atoms with Crippen LogP contribution in [0.2, 0.25) is 0 Å². The van der Waals surface area contributed by atoms with Gasteiger partial charge in [0.1, 0.15) is 0 Å². The molecule has 0 spiro atoms.